The molecule has 1 unspecified atom stereocenters. The fraction of sp³-hybridized carbons (Fsp3) is 0.550. The van der Waals surface area contributed by atoms with Gasteiger partial charge in [0, 0.05) is 6.42 Å². The normalized spacial score (nSPS) is 12.4. The zero-order chi connectivity index (χ0) is 28.9. The summed E-state index contributed by atoms with van der Waals surface area (Å²) in [5.41, 5.74) is 4.09. The molecule has 0 saturated heterocycles. The highest BCUT2D eigenvalue weighted by Crippen LogP contribution is 2.48. The molecule has 1 heteroatoms. The van der Waals surface area contributed by atoms with E-state index in [1.165, 1.54) is 133 Å². The molecule has 0 bridgehead atoms. The van der Waals surface area contributed by atoms with Crippen LogP contribution < -0.4 is 4.48 Å². The van der Waals surface area contributed by atoms with Gasteiger partial charge in [-0.2, -0.15) is 0 Å². The van der Waals surface area contributed by atoms with Crippen LogP contribution >= 0.6 is 0 Å². The highest BCUT2D eigenvalue weighted by Gasteiger charge is 2.42. The highest BCUT2D eigenvalue weighted by atomic mass is 15.4. The molecular weight excluding hydrogens is 494 g/mol. The molecule has 0 aliphatic carbocycles. The van der Waals surface area contributed by atoms with Crippen LogP contribution in [0.3, 0.4) is 0 Å². The average Bonchev–Trinajstić information content (AvgIpc) is 3.03. The molecule has 0 saturated carbocycles. The molecule has 0 fully saturated rings. The van der Waals surface area contributed by atoms with Gasteiger partial charge in [-0.1, -0.05) is 171 Å². The van der Waals surface area contributed by atoms with Crippen LogP contribution in [0.1, 0.15) is 136 Å². The Bertz CT molecular complexity index is 900. The molecule has 0 aromatic heterocycles. The van der Waals surface area contributed by atoms with Crippen LogP contribution in [0.25, 0.3) is 0 Å². The van der Waals surface area contributed by atoms with E-state index in [-0.39, 0.29) is 0 Å². The molecule has 3 aromatic rings. The van der Waals surface area contributed by atoms with Gasteiger partial charge < -0.3 is 0 Å². The second kappa shape index (κ2) is 20.5. The monoisotopic (exact) mass is 554 g/mol. The summed E-state index contributed by atoms with van der Waals surface area (Å²) >= 11 is 0. The van der Waals surface area contributed by atoms with E-state index in [0.29, 0.717) is 6.04 Å². The lowest BCUT2D eigenvalue weighted by atomic mass is 9.96. The third kappa shape index (κ3) is 10.8. The Labute approximate surface area is 254 Å². The SMILES string of the molecule is CCCCCCCCCCCCCCCCCCCC(CC)[N+](c1ccccc1)(c1ccccc1)c1ccccc1. The van der Waals surface area contributed by atoms with E-state index < -0.39 is 0 Å². The van der Waals surface area contributed by atoms with Crippen LogP contribution in [0.5, 0.6) is 0 Å². The molecular formula is C40H60N+. The summed E-state index contributed by atoms with van der Waals surface area (Å²) in [4.78, 5) is 0. The van der Waals surface area contributed by atoms with Crippen LogP contribution in [0.4, 0.5) is 17.1 Å². The summed E-state index contributed by atoms with van der Waals surface area (Å²) in [6, 6.07) is 34.1. The van der Waals surface area contributed by atoms with Crippen molar-refractivity contribution >= 4 is 17.1 Å². The molecule has 0 aliphatic rings. The van der Waals surface area contributed by atoms with E-state index in [1.807, 2.05) is 0 Å². The number of quaternary nitrogens is 1. The molecule has 3 aromatic carbocycles. The fourth-order valence-corrected chi connectivity index (χ4v) is 6.85. The van der Waals surface area contributed by atoms with Crippen LogP contribution in [0.15, 0.2) is 91.0 Å². The zero-order valence-corrected chi connectivity index (χ0v) is 26.6. The summed E-state index contributed by atoms with van der Waals surface area (Å²) in [6.07, 6.45) is 26.6. The van der Waals surface area contributed by atoms with Gasteiger partial charge in [0.2, 0.25) is 0 Å². The average molecular weight is 555 g/mol. The molecule has 1 nitrogen and oxygen atoms in total. The second-order valence-electron chi connectivity index (χ2n) is 12.2. The molecule has 1 atom stereocenters. The first-order valence-electron chi connectivity index (χ1n) is 17.4. The van der Waals surface area contributed by atoms with Gasteiger partial charge in [0.1, 0.15) is 23.1 Å². The Morgan fingerprint density at radius 3 is 0.976 bits per heavy atom. The predicted molar refractivity (Wildman–Crippen MR) is 183 cm³/mol. The lowest BCUT2D eigenvalue weighted by Crippen LogP contribution is -2.48. The van der Waals surface area contributed by atoms with Crippen molar-refractivity contribution in [1.82, 2.24) is 4.48 Å². The molecule has 41 heavy (non-hydrogen) atoms. The lowest BCUT2D eigenvalue weighted by Gasteiger charge is -2.43. The van der Waals surface area contributed by atoms with E-state index in [0.717, 1.165) is 10.9 Å². The first-order chi connectivity index (χ1) is 20.3. The molecule has 224 valence electrons. The number of rotatable bonds is 23. The number of hydrogen-bond acceptors (Lipinski definition) is 0. The first-order valence-corrected chi connectivity index (χ1v) is 17.4. The van der Waals surface area contributed by atoms with Crippen molar-refractivity contribution in [2.45, 2.75) is 142 Å². The number of para-hydroxylation sites is 3. The molecule has 0 aliphatic heterocycles. The van der Waals surface area contributed by atoms with Gasteiger partial charge in [0.15, 0.2) is 0 Å². The minimum Gasteiger partial charge on any atom is -0.224 e. The van der Waals surface area contributed by atoms with Crippen molar-refractivity contribution in [1.29, 1.82) is 0 Å². The standard InChI is InChI=1S/C40H60N/c1-3-5-6-7-8-9-10-11-12-13-14-15-16-17-18-19-23-30-37(4-2)41(38-31-24-20-25-32-38,39-33-26-21-27-34-39)40-35-28-22-29-36-40/h20-22,24-29,31-37H,3-19,23,30H2,1-2H3/q+1. The first kappa shape index (κ1) is 33.1. The summed E-state index contributed by atoms with van der Waals surface area (Å²) in [7, 11) is 0. The Morgan fingerprint density at radius 1 is 0.390 bits per heavy atom. The van der Waals surface area contributed by atoms with Crippen LogP contribution in [0, 0.1) is 0 Å². The van der Waals surface area contributed by atoms with E-state index in [9.17, 15) is 0 Å². The van der Waals surface area contributed by atoms with Gasteiger partial charge in [-0.3, -0.25) is 0 Å². The largest absolute Gasteiger partial charge is 0.224 e. The predicted octanol–water partition coefficient (Wildman–Crippen LogP) is 13.5. The van der Waals surface area contributed by atoms with Gasteiger partial charge in [-0.05, 0) is 49.2 Å². The van der Waals surface area contributed by atoms with Gasteiger partial charge >= 0.3 is 0 Å². The van der Waals surface area contributed by atoms with Gasteiger partial charge in [0.25, 0.3) is 0 Å². The van der Waals surface area contributed by atoms with Crippen molar-refractivity contribution in [3.8, 4) is 0 Å². The Hall–Kier alpha value is -2.38. The zero-order valence-electron chi connectivity index (χ0n) is 26.6. The minimum atomic E-state index is 0.499. The maximum absolute atomic E-state index is 2.39. The summed E-state index contributed by atoms with van der Waals surface area (Å²) in [6.45, 7) is 4.69. The van der Waals surface area contributed by atoms with Gasteiger partial charge in [-0.25, -0.2) is 4.48 Å². The topological polar surface area (TPSA) is 0 Å². The van der Waals surface area contributed by atoms with Crippen molar-refractivity contribution < 1.29 is 0 Å². The fourth-order valence-electron chi connectivity index (χ4n) is 6.85. The molecule has 0 N–H and O–H groups in total. The number of benzene rings is 3. The third-order valence-corrected chi connectivity index (χ3v) is 9.15. The Kier molecular flexibility index (Phi) is 16.6. The van der Waals surface area contributed by atoms with Gasteiger partial charge in [0.05, 0.1) is 0 Å². The molecule has 0 amide bonds. The smallest absolute Gasteiger partial charge is 0.143 e. The summed E-state index contributed by atoms with van der Waals surface area (Å²) < 4.78 is 0.803. The van der Waals surface area contributed by atoms with Gasteiger partial charge in [-0.15, -0.1) is 0 Å². The van der Waals surface area contributed by atoms with Crippen LogP contribution in [-0.2, 0) is 0 Å². The van der Waals surface area contributed by atoms with Crippen molar-refractivity contribution in [2.75, 3.05) is 0 Å². The van der Waals surface area contributed by atoms with Crippen molar-refractivity contribution in [3.63, 3.8) is 0 Å². The van der Waals surface area contributed by atoms with Crippen LogP contribution in [-0.4, -0.2) is 6.04 Å². The molecule has 3 rings (SSSR count). The minimum absolute atomic E-state index is 0.499. The maximum Gasteiger partial charge on any atom is 0.143 e. The van der Waals surface area contributed by atoms with Crippen molar-refractivity contribution in [3.05, 3.63) is 91.0 Å². The Balaban J connectivity index is 1.43. The highest BCUT2D eigenvalue weighted by molar-refractivity contribution is 5.71. The molecule has 0 heterocycles. The van der Waals surface area contributed by atoms with E-state index in [4.69, 9.17) is 0 Å². The lowest BCUT2D eigenvalue weighted by molar-refractivity contribution is 0.337. The van der Waals surface area contributed by atoms with E-state index in [2.05, 4.69) is 105 Å². The summed E-state index contributed by atoms with van der Waals surface area (Å²) in [5, 5.41) is 0. The van der Waals surface area contributed by atoms with E-state index in [1.54, 1.807) is 0 Å². The Morgan fingerprint density at radius 2 is 0.683 bits per heavy atom. The van der Waals surface area contributed by atoms with E-state index >= 15 is 0 Å². The van der Waals surface area contributed by atoms with Crippen molar-refractivity contribution in [2.24, 2.45) is 0 Å². The number of hydrogen-bond donors (Lipinski definition) is 0. The number of nitrogens with zero attached hydrogens (tertiary/aromatic N) is 1. The van der Waals surface area contributed by atoms with Crippen LogP contribution in [0.2, 0.25) is 0 Å². The summed E-state index contributed by atoms with van der Waals surface area (Å²) in [5.74, 6) is 0. The molecule has 0 radical (unpaired) electrons. The third-order valence-electron chi connectivity index (χ3n) is 9.15. The second-order valence-corrected chi connectivity index (χ2v) is 12.2. The quantitative estimate of drug-likeness (QED) is 0.0807. The molecule has 0 spiro atoms. The maximum atomic E-state index is 2.39. The number of unbranched alkanes of at least 4 members (excludes halogenated alkanes) is 16.